The summed E-state index contributed by atoms with van der Waals surface area (Å²) in [7, 11) is 0. The molecule has 0 aromatic heterocycles. The van der Waals surface area contributed by atoms with Crippen LogP contribution in [0.1, 0.15) is 51.4 Å². The number of hydrogen-bond acceptors (Lipinski definition) is 1. The van der Waals surface area contributed by atoms with Gasteiger partial charge in [-0.2, -0.15) is 0 Å². The molecule has 0 amide bonds. The van der Waals surface area contributed by atoms with E-state index in [4.69, 9.17) is 0 Å². The van der Waals surface area contributed by atoms with Crippen molar-refractivity contribution in [3.8, 4) is 0 Å². The fraction of sp³-hybridized carbons (Fsp3) is 1.00. The Morgan fingerprint density at radius 3 is 2.23 bits per heavy atom. The lowest BCUT2D eigenvalue weighted by Gasteiger charge is -2.38. The van der Waals surface area contributed by atoms with Crippen molar-refractivity contribution >= 4 is 0 Å². The molecule has 0 radical (unpaired) electrons. The first-order valence-corrected chi connectivity index (χ1v) is 6.11. The normalized spacial score (nSPS) is 38.3. The molecule has 3 rings (SSSR count). The molecule has 1 saturated heterocycles. The van der Waals surface area contributed by atoms with Crippen LogP contribution in [0.3, 0.4) is 0 Å². The molecule has 1 heterocycles. The molecule has 2 aliphatic carbocycles. The fourth-order valence-electron chi connectivity index (χ4n) is 3.45. The highest BCUT2D eigenvalue weighted by molar-refractivity contribution is 4.96. The maximum absolute atomic E-state index is 3.81. The van der Waals surface area contributed by atoms with Crippen molar-refractivity contribution in [3.05, 3.63) is 0 Å². The Kier molecular flexibility index (Phi) is 1.90. The number of nitrogens with one attached hydrogen (secondary N) is 1. The molecule has 74 valence electrons. The summed E-state index contributed by atoms with van der Waals surface area (Å²) < 4.78 is 0. The van der Waals surface area contributed by atoms with Crippen LogP contribution in [-0.2, 0) is 0 Å². The van der Waals surface area contributed by atoms with Gasteiger partial charge in [0.2, 0.25) is 0 Å². The standard InChI is InChI=1S/C12H21N/c1-2-7-12(6-1)8-5-11(13-9-12)10-3-4-10/h10-11,13H,1-9H2. The summed E-state index contributed by atoms with van der Waals surface area (Å²) in [6.45, 7) is 1.34. The van der Waals surface area contributed by atoms with Gasteiger partial charge in [-0.15, -0.1) is 0 Å². The average molecular weight is 179 g/mol. The Morgan fingerprint density at radius 2 is 1.69 bits per heavy atom. The van der Waals surface area contributed by atoms with E-state index >= 15 is 0 Å². The number of hydrogen-bond donors (Lipinski definition) is 1. The summed E-state index contributed by atoms with van der Waals surface area (Å²) in [4.78, 5) is 0. The van der Waals surface area contributed by atoms with E-state index in [2.05, 4.69) is 5.32 Å². The van der Waals surface area contributed by atoms with Gasteiger partial charge in [0, 0.05) is 12.6 Å². The SMILES string of the molecule is C1CCC2(C1)CCC(C1CC1)NC2. The van der Waals surface area contributed by atoms with Gasteiger partial charge in [-0.1, -0.05) is 12.8 Å². The molecule has 3 fully saturated rings. The minimum atomic E-state index is 0.755. The van der Waals surface area contributed by atoms with Gasteiger partial charge in [0.25, 0.3) is 0 Å². The zero-order chi connectivity index (χ0) is 8.73. The molecule has 1 unspecified atom stereocenters. The van der Waals surface area contributed by atoms with Crippen LogP contribution < -0.4 is 5.32 Å². The zero-order valence-corrected chi connectivity index (χ0v) is 8.52. The first kappa shape index (κ1) is 8.28. The second-order valence-electron chi connectivity index (χ2n) is 5.57. The molecular formula is C12H21N. The van der Waals surface area contributed by atoms with Crippen molar-refractivity contribution in [2.45, 2.75) is 57.4 Å². The molecule has 0 bridgehead atoms. The Hall–Kier alpha value is -0.0400. The Labute approximate surface area is 81.3 Å². The van der Waals surface area contributed by atoms with Crippen molar-refractivity contribution in [2.75, 3.05) is 6.54 Å². The second-order valence-corrected chi connectivity index (χ2v) is 5.57. The van der Waals surface area contributed by atoms with E-state index in [9.17, 15) is 0 Å². The lowest BCUT2D eigenvalue weighted by molar-refractivity contribution is 0.174. The first-order chi connectivity index (χ1) is 6.38. The maximum Gasteiger partial charge on any atom is 0.00957 e. The predicted molar refractivity (Wildman–Crippen MR) is 54.6 cm³/mol. The van der Waals surface area contributed by atoms with E-state index in [1.54, 1.807) is 0 Å². The Bertz CT molecular complexity index is 179. The first-order valence-electron chi connectivity index (χ1n) is 6.11. The van der Waals surface area contributed by atoms with Crippen LogP contribution in [0.25, 0.3) is 0 Å². The monoisotopic (exact) mass is 179 g/mol. The smallest absolute Gasteiger partial charge is 0.00957 e. The highest BCUT2D eigenvalue weighted by Crippen LogP contribution is 2.46. The van der Waals surface area contributed by atoms with Crippen molar-refractivity contribution in [2.24, 2.45) is 11.3 Å². The Morgan fingerprint density at radius 1 is 0.923 bits per heavy atom. The maximum atomic E-state index is 3.81. The minimum absolute atomic E-state index is 0.755. The third kappa shape index (κ3) is 1.52. The minimum Gasteiger partial charge on any atom is -0.313 e. The van der Waals surface area contributed by atoms with E-state index in [0.29, 0.717) is 0 Å². The molecule has 3 aliphatic rings. The van der Waals surface area contributed by atoms with Crippen LogP contribution in [0.2, 0.25) is 0 Å². The number of rotatable bonds is 1. The van der Waals surface area contributed by atoms with Gasteiger partial charge in [-0.05, 0) is 49.9 Å². The van der Waals surface area contributed by atoms with Crippen molar-refractivity contribution in [1.29, 1.82) is 0 Å². The molecule has 13 heavy (non-hydrogen) atoms. The van der Waals surface area contributed by atoms with E-state index in [-0.39, 0.29) is 0 Å². The van der Waals surface area contributed by atoms with Crippen LogP contribution in [0.15, 0.2) is 0 Å². The van der Waals surface area contributed by atoms with Crippen molar-refractivity contribution in [3.63, 3.8) is 0 Å². The summed E-state index contributed by atoms with van der Waals surface area (Å²) in [5.74, 6) is 1.07. The van der Waals surface area contributed by atoms with Crippen LogP contribution >= 0.6 is 0 Å². The van der Waals surface area contributed by atoms with E-state index < -0.39 is 0 Å². The lowest BCUT2D eigenvalue weighted by atomic mass is 9.77. The van der Waals surface area contributed by atoms with Crippen LogP contribution in [0, 0.1) is 11.3 Å². The van der Waals surface area contributed by atoms with Crippen molar-refractivity contribution in [1.82, 2.24) is 5.32 Å². The molecule has 1 nitrogen and oxygen atoms in total. The number of piperidine rings is 1. The van der Waals surface area contributed by atoms with E-state index in [0.717, 1.165) is 17.4 Å². The van der Waals surface area contributed by atoms with Gasteiger partial charge in [0.1, 0.15) is 0 Å². The van der Waals surface area contributed by atoms with Crippen molar-refractivity contribution < 1.29 is 0 Å². The summed E-state index contributed by atoms with van der Waals surface area (Å²) >= 11 is 0. The van der Waals surface area contributed by atoms with E-state index in [1.807, 2.05) is 0 Å². The molecule has 1 aliphatic heterocycles. The molecule has 1 spiro atoms. The summed E-state index contributed by atoms with van der Waals surface area (Å²) in [6, 6.07) is 0.909. The van der Waals surface area contributed by atoms with Crippen LogP contribution in [0.4, 0.5) is 0 Å². The molecule has 0 aromatic carbocycles. The Balaban J connectivity index is 1.59. The third-order valence-electron chi connectivity index (χ3n) is 4.58. The topological polar surface area (TPSA) is 12.0 Å². The fourth-order valence-corrected chi connectivity index (χ4v) is 3.45. The van der Waals surface area contributed by atoms with Gasteiger partial charge in [0.05, 0.1) is 0 Å². The van der Waals surface area contributed by atoms with Crippen LogP contribution in [-0.4, -0.2) is 12.6 Å². The highest BCUT2D eigenvalue weighted by Gasteiger charge is 2.41. The molecule has 2 saturated carbocycles. The van der Waals surface area contributed by atoms with Gasteiger partial charge in [-0.3, -0.25) is 0 Å². The van der Waals surface area contributed by atoms with Gasteiger partial charge >= 0.3 is 0 Å². The zero-order valence-electron chi connectivity index (χ0n) is 8.52. The predicted octanol–water partition coefficient (Wildman–Crippen LogP) is 2.71. The van der Waals surface area contributed by atoms with Gasteiger partial charge < -0.3 is 5.32 Å². The molecule has 1 heteroatoms. The van der Waals surface area contributed by atoms with E-state index in [1.165, 1.54) is 57.9 Å². The molecular weight excluding hydrogens is 158 g/mol. The summed E-state index contributed by atoms with van der Waals surface area (Å²) in [5.41, 5.74) is 0.755. The van der Waals surface area contributed by atoms with Crippen LogP contribution in [0.5, 0.6) is 0 Å². The lowest BCUT2D eigenvalue weighted by Crippen LogP contribution is -2.45. The molecule has 0 aromatic rings. The molecule has 1 atom stereocenters. The van der Waals surface area contributed by atoms with Gasteiger partial charge in [0.15, 0.2) is 0 Å². The highest BCUT2D eigenvalue weighted by atomic mass is 15.0. The molecule has 1 N–H and O–H groups in total. The largest absolute Gasteiger partial charge is 0.313 e. The second kappa shape index (κ2) is 2.98. The summed E-state index contributed by atoms with van der Waals surface area (Å²) in [5, 5.41) is 3.81. The quantitative estimate of drug-likeness (QED) is 0.652. The summed E-state index contributed by atoms with van der Waals surface area (Å²) in [6.07, 6.45) is 12.0. The van der Waals surface area contributed by atoms with Gasteiger partial charge in [-0.25, -0.2) is 0 Å². The third-order valence-corrected chi connectivity index (χ3v) is 4.58. The average Bonchev–Trinajstić information content (AvgIpc) is 2.91.